The third-order valence-corrected chi connectivity index (χ3v) is 4.79. The topological polar surface area (TPSA) is 74.8 Å². The number of amides is 3. The number of para-hydroxylation sites is 2. The summed E-state index contributed by atoms with van der Waals surface area (Å²) in [6, 6.07) is 20.0. The minimum Gasteiger partial charge on any atom is -0.493 e. The van der Waals surface area contributed by atoms with Crippen LogP contribution in [0.3, 0.4) is 0 Å². The molecule has 152 valence electrons. The van der Waals surface area contributed by atoms with Crippen LogP contribution in [0.1, 0.15) is 17.3 Å². The second kappa shape index (κ2) is 8.65. The molecule has 1 aromatic heterocycles. The summed E-state index contributed by atoms with van der Waals surface area (Å²) < 4.78 is 5.52. The Hall–Kier alpha value is -3.87. The van der Waals surface area contributed by atoms with Gasteiger partial charge in [-0.05, 0) is 43.3 Å². The van der Waals surface area contributed by atoms with Crippen molar-refractivity contribution in [3.05, 3.63) is 78.5 Å². The maximum Gasteiger partial charge on any atom is 0.330 e. The number of pyridine rings is 1. The molecule has 1 saturated heterocycles. The zero-order chi connectivity index (χ0) is 20.9. The molecule has 3 aromatic rings. The molecule has 0 aliphatic carbocycles. The van der Waals surface area contributed by atoms with E-state index in [1.165, 1.54) is 0 Å². The minimum absolute atomic E-state index is 0.115. The Morgan fingerprint density at radius 1 is 1.00 bits per heavy atom. The Morgan fingerprint density at radius 2 is 1.73 bits per heavy atom. The molecule has 3 amide bonds. The summed E-state index contributed by atoms with van der Waals surface area (Å²) in [6.45, 7) is 3.49. The van der Waals surface area contributed by atoms with Crippen molar-refractivity contribution >= 4 is 29.1 Å². The second-order valence-electron chi connectivity index (χ2n) is 6.71. The smallest absolute Gasteiger partial charge is 0.330 e. The van der Waals surface area contributed by atoms with Gasteiger partial charge in [0.2, 0.25) is 0 Å². The molecule has 1 aliphatic rings. The summed E-state index contributed by atoms with van der Waals surface area (Å²) in [5, 5.41) is 2.83. The van der Waals surface area contributed by atoms with Gasteiger partial charge in [-0.3, -0.25) is 14.6 Å². The number of carbonyl (C=O) groups excluding carboxylic acids is 2. The molecule has 2 aromatic carbocycles. The van der Waals surface area contributed by atoms with Crippen LogP contribution in [-0.2, 0) is 0 Å². The fraction of sp³-hybridized carbons (Fsp3) is 0.174. The maximum atomic E-state index is 12.8. The van der Waals surface area contributed by atoms with Crippen LogP contribution in [0.5, 0.6) is 5.75 Å². The lowest BCUT2D eigenvalue weighted by Crippen LogP contribution is -2.32. The number of carbonyl (C=O) groups is 2. The van der Waals surface area contributed by atoms with Gasteiger partial charge in [0.25, 0.3) is 5.91 Å². The van der Waals surface area contributed by atoms with E-state index in [0.717, 1.165) is 5.69 Å². The van der Waals surface area contributed by atoms with E-state index >= 15 is 0 Å². The molecule has 1 aliphatic heterocycles. The van der Waals surface area contributed by atoms with E-state index in [1.54, 1.807) is 46.3 Å². The molecule has 1 fully saturated rings. The molecule has 1 N–H and O–H groups in total. The maximum absolute atomic E-state index is 12.8. The summed E-state index contributed by atoms with van der Waals surface area (Å²) in [5.74, 6) is 0.804. The molecule has 30 heavy (non-hydrogen) atoms. The lowest BCUT2D eigenvalue weighted by molar-refractivity contribution is 0.102. The quantitative estimate of drug-likeness (QED) is 0.671. The van der Waals surface area contributed by atoms with Crippen LogP contribution < -0.4 is 19.9 Å². The van der Waals surface area contributed by atoms with E-state index < -0.39 is 0 Å². The number of aromatic nitrogens is 1. The molecule has 0 atom stereocenters. The average molecular weight is 402 g/mol. The highest BCUT2D eigenvalue weighted by atomic mass is 16.5. The van der Waals surface area contributed by atoms with Gasteiger partial charge in [-0.15, -0.1) is 0 Å². The van der Waals surface area contributed by atoms with Crippen LogP contribution in [0.4, 0.5) is 22.0 Å². The van der Waals surface area contributed by atoms with Gasteiger partial charge in [0, 0.05) is 18.8 Å². The summed E-state index contributed by atoms with van der Waals surface area (Å²) in [5.41, 5.74) is 1.86. The second-order valence-corrected chi connectivity index (χ2v) is 6.71. The minimum atomic E-state index is -0.277. The van der Waals surface area contributed by atoms with Gasteiger partial charge in [0.15, 0.2) is 0 Å². The van der Waals surface area contributed by atoms with E-state index in [9.17, 15) is 9.59 Å². The first-order chi connectivity index (χ1) is 14.7. The van der Waals surface area contributed by atoms with Crippen LogP contribution >= 0.6 is 0 Å². The molecule has 2 heterocycles. The Balaban J connectivity index is 1.45. The molecule has 0 radical (unpaired) electrons. The molecule has 7 heteroatoms. The standard InChI is InChI=1S/C23H22N4O3/c1-2-30-20-11-7-6-10-19(20)22(28)25-17-12-13-21(24-16-17)27-15-14-26(23(27)29)18-8-4-3-5-9-18/h3-13,16H,2,14-15H2,1H3,(H,25,28). The van der Waals surface area contributed by atoms with Crippen molar-refractivity contribution in [1.29, 1.82) is 0 Å². The number of urea groups is 1. The number of benzene rings is 2. The molecular formula is C23H22N4O3. The lowest BCUT2D eigenvalue weighted by atomic mass is 10.2. The Labute approximate surface area is 174 Å². The molecule has 4 rings (SSSR count). The summed E-state index contributed by atoms with van der Waals surface area (Å²) >= 11 is 0. The van der Waals surface area contributed by atoms with Gasteiger partial charge in [-0.1, -0.05) is 30.3 Å². The SMILES string of the molecule is CCOc1ccccc1C(=O)Nc1ccc(N2CCN(c3ccccc3)C2=O)nc1. The monoisotopic (exact) mass is 402 g/mol. The third-order valence-electron chi connectivity index (χ3n) is 4.79. The molecule has 0 spiro atoms. The first-order valence-corrected chi connectivity index (χ1v) is 9.80. The number of anilines is 3. The summed E-state index contributed by atoms with van der Waals surface area (Å²) in [7, 11) is 0. The van der Waals surface area contributed by atoms with Crippen LogP contribution in [0.25, 0.3) is 0 Å². The Bertz CT molecular complexity index is 1040. The van der Waals surface area contributed by atoms with Gasteiger partial charge in [0.1, 0.15) is 11.6 Å². The molecule has 0 unspecified atom stereocenters. The average Bonchev–Trinajstić information content (AvgIpc) is 3.17. The van der Waals surface area contributed by atoms with Crippen molar-refractivity contribution in [1.82, 2.24) is 4.98 Å². The first-order valence-electron chi connectivity index (χ1n) is 9.80. The fourth-order valence-corrected chi connectivity index (χ4v) is 3.35. The van der Waals surface area contributed by atoms with E-state index in [0.29, 0.717) is 42.5 Å². The van der Waals surface area contributed by atoms with Crippen molar-refractivity contribution in [2.24, 2.45) is 0 Å². The number of rotatable bonds is 6. The first kappa shape index (κ1) is 19.4. The van der Waals surface area contributed by atoms with Gasteiger partial charge in [-0.25, -0.2) is 9.78 Å². The van der Waals surface area contributed by atoms with E-state index in [-0.39, 0.29) is 11.9 Å². The highest BCUT2D eigenvalue weighted by molar-refractivity contribution is 6.07. The van der Waals surface area contributed by atoms with E-state index in [4.69, 9.17) is 4.74 Å². The van der Waals surface area contributed by atoms with Crippen molar-refractivity contribution in [2.45, 2.75) is 6.92 Å². The van der Waals surface area contributed by atoms with Crippen LogP contribution in [0.15, 0.2) is 72.9 Å². The Morgan fingerprint density at radius 3 is 2.47 bits per heavy atom. The normalized spacial score (nSPS) is 13.4. The van der Waals surface area contributed by atoms with Crippen LogP contribution in [-0.4, -0.2) is 36.6 Å². The van der Waals surface area contributed by atoms with E-state index in [2.05, 4.69) is 10.3 Å². The lowest BCUT2D eigenvalue weighted by Gasteiger charge is -2.18. The molecule has 0 bridgehead atoms. The third kappa shape index (κ3) is 3.96. The van der Waals surface area contributed by atoms with Gasteiger partial charge in [0.05, 0.1) is 24.1 Å². The van der Waals surface area contributed by atoms with Gasteiger partial charge in [-0.2, -0.15) is 0 Å². The number of ether oxygens (including phenoxy) is 1. The van der Waals surface area contributed by atoms with Crippen molar-refractivity contribution < 1.29 is 14.3 Å². The van der Waals surface area contributed by atoms with Crippen molar-refractivity contribution in [2.75, 3.05) is 34.8 Å². The number of nitrogens with one attached hydrogen (secondary N) is 1. The predicted molar refractivity (Wildman–Crippen MR) is 116 cm³/mol. The Kier molecular flexibility index (Phi) is 5.61. The summed E-state index contributed by atoms with van der Waals surface area (Å²) in [6.07, 6.45) is 1.55. The fourth-order valence-electron chi connectivity index (χ4n) is 3.35. The van der Waals surface area contributed by atoms with Gasteiger partial charge < -0.3 is 10.1 Å². The highest BCUT2D eigenvalue weighted by Crippen LogP contribution is 2.25. The zero-order valence-electron chi connectivity index (χ0n) is 16.6. The van der Waals surface area contributed by atoms with Gasteiger partial charge >= 0.3 is 6.03 Å². The molecule has 7 nitrogen and oxygen atoms in total. The van der Waals surface area contributed by atoms with E-state index in [1.807, 2.05) is 43.3 Å². The predicted octanol–water partition coefficient (Wildman–Crippen LogP) is 4.18. The zero-order valence-corrected chi connectivity index (χ0v) is 16.6. The summed E-state index contributed by atoms with van der Waals surface area (Å²) in [4.78, 5) is 33.1. The van der Waals surface area contributed by atoms with Crippen LogP contribution in [0, 0.1) is 0 Å². The van der Waals surface area contributed by atoms with Crippen LogP contribution in [0.2, 0.25) is 0 Å². The number of nitrogens with zero attached hydrogens (tertiary/aromatic N) is 3. The number of hydrogen-bond acceptors (Lipinski definition) is 4. The highest BCUT2D eigenvalue weighted by Gasteiger charge is 2.31. The largest absolute Gasteiger partial charge is 0.493 e. The molecular weight excluding hydrogens is 380 g/mol. The van der Waals surface area contributed by atoms with Crippen molar-refractivity contribution in [3.63, 3.8) is 0 Å². The van der Waals surface area contributed by atoms with Crippen molar-refractivity contribution in [3.8, 4) is 5.75 Å². The number of hydrogen-bond donors (Lipinski definition) is 1. The molecule has 0 saturated carbocycles.